The van der Waals surface area contributed by atoms with Gasteiger partial charge in [-0.25, -0.2) is 4.98 Å². The molecule has 1 aliphatic carbocycles. The third kappa shape index (κ3) is 5.02. The molecule has 6 nitrogen and oxygen atoms in total. The number of carbonyl (C=O) groups is 2. The number of nitrogens with one attached hydrogen (secondary N) is 1. The molecule has 0 bridgehead atoms. The Balaban J connectivity index is 1.77. The Morgan fingerprint density at radius 3 is 2.32 bits per heavy atom. The number of rotatable bonds is 6. The first-order valence-electron chi connectivity index (χ1n) is 12.1. The zero-order chi connectivity index (χ0) is 28.3. The van der Waals surface area contributed by atoms with E-state index in [1.807, 2.05) is 13.8 Å². The molecule has 2 aromatic rings. The fourth-order valence-electron chi connectivity index (χ4n) is 4.51. The lowest BCUT2D eigenvalue weighted by Gasteiger charge is -2.33. The van der Waals surface area contributed by atoms with Crippen molar-refractivity contribution in [1.82, 2.24) is 15.2 Å². The monoisotopic (exact) mass is 563 g/mol. The highest BCUT2D eigenvalue weighted by Gasteiger charge is 2.71. The third-order valence-corrected chi connectivity index (χ3v) is 8.41. The van der Waals surface area contributed by atoms with Crippen LogP contribution in [-0.4, -0.2) is 58.3 Å². The summed E-state index contributed by atoms with van der Waals surface area (Å²) in [4.78, 5) is 32.3. The minimum Gasteiger partial charge on any atom is -0.369 e. The number of aryl methyl sites for hydroxylation is 1. The second-order valence-corrected chi connectivity index (χ2v) is 11.4. The van der Waals surface area contributed by atoms with E-state index < -0.39 is 35.3 Å². The molecule has 2 aliphatic rings. The molecule has 13 heteroatoms. The first-order chi connectivity index (χ1) is 17.5. The molecule has 0 radical (unpaired) electrons. The first kappa shape index (κ1) is 28.3. The Bertz CT molecular complexity index is 1240. The summed E-state index contributed by atoms with van der Waals surface area (Å²) in [6.07, 6.45) is -8.61. The van der Waals surface area contributed by atoms with Crippen molar-refractivity contribution in [3.8, 4) is 10.4 Å². The molecule has 4 rings (SSSR count). The first-order valence-corrected chi connectivity index (χ1v) is 12.9. The van der Waals surface area contributed by atoms with Gasteiger partial charge in [0, 0.05) is 24.7 Å². The van der Waals surface area contributed by atoms with E-state index in [2.05, 4.69) is 10.3 Å². The van der Waals surface area contributed by atoms with Crippen LogP contribution in [0.15, 0.2) is 18.2 Å². The summed E-state index contributed by atoms with van der Waals surface area (Å²) in [5.74, 6) is -0.990. The number of carbonyl (C=O) groups excluding carboxylic acids is 2. The number of hydrogen-bond acceptors (Lipinski definition) is 5. The number of aliphatic hydroxyl groups is 1. The number of hydrogen-bond donors (Lipinski definition) is 2. The molecule has 1 saturated carbocycles. The van der Waals surface area contributed by atoms with Gasteiger partial charge in [-0.15, -0.1) is 11.3 Å². The maximum Gasteiger partial charge on any atom is 0.430 e. The summed E-state index contributed by atoms with van der Waals surface area (Å²) in [6.45, 7) is 6.01. The molecule has 2 N–H and O–H groups in total. The largest absolute Gasteiger partial charge is 0.430 e. The van der Waals surface area contributed by atoms with E-state index in [1.54, 1.807) is 4.90 Å². The van der Waals surface area contributed by atoms with Crippen molar-refractivity contribution in [1.29, 1.82) is 0 Å². The number of nitrogens with zero attached hydrogens (tertiary/aromatic N) is 2. The molecular formula is C25H27F6N3O3S. The quantitative estimate of drug-likeness (QED) is 0.450. The predicted octanol–water partition coefficient (Wildman–Crippen LogP) is 5.59. The van der Waals surface area contributed by atoms with Gasteiger partial charge in [0.05, 0.1) is 4.88 Å². The topological polar surface area (TPSA) is 82.5 Å². The van der Waals surface area contributed by atoms with Gasteiger partial charge in [0.1, 0.15) is 5.69 Å². The smallest absolute Gasteiger partial charge is 0.369 e. The third-order valence-electron chi connectivity index (χ3n) is 7.33. The van der Waals surface area contributed by atoms with E-state index in [1.165, 1.54) is 6.92 Å². The van der Waals surface area contributed by atoms with Crippen LogP contribution in [0.3, 0.4) is 0 Å². The summed E-state index contributed by atoms with van der Waals surface area (Å²) in [5.41, 5.74) is -6.49. The number of halogens is 6. The van der Waals surface area contributed by atoms with E-state index in [9.17, 15) is 41.0 Å². The highest BCUT2D eigenvalue weighted by Crippen LogP contribution is 2.51. The van der Waals surface area contributed by atoms with Crippen LogP contribution >= 0.6 is 11.3 Å². The average molecular weight is 564 g/mol. The highest BCUT2D eigenvalue weighted by atomic mass is 32.1. The standard InChI is InChI=1S/C25H27F6N3O3S/c1-13-11-15(23(37,24(26,27)28)25(29,30)31)6-7-16(13)18-17(21(36)34-10-4-5-14(34)2)33-20(38-18)19(35)32-12-22(3)8-9-22/h6-7,11,14,37H,4-5,8-10,12H2,1-3H3,(H,32,35)/t14-/m0/s1. The molecule has 208 valence electrons. The van der Waals surface area contributed by atoms with Crippen molar-refractivity contribution in [3.05, 3.63) is 40.0 Å². The second kappa shape index (κ2) is 9.51. The Labute approximate surface area is 219 Å². The summed E-state index contributed by atoms with van der Waals surface area (Å²) in [6, 6.07) is 2.01. The molecule has 38 heavy (non-hydrogen) atoms. The number of alkyl halides is 6. The van der Waals surface area contributed by atoms with Crippen molar-refractivity contribution >= 4 is 23.2 Å². The fourth-order valence-corrected chi connectivity index (χ4v) is 5.57. The van der Waals surface area contributed by atoms with Crippen molar-refractivity contribution in [2.45, 2.75) is 70.4 Å². The maximum atomic E-state index is 13.4. The van der Waals surface area contributed by atoms with Crippen LogP contribution in [0.4, 0.5) is 26.3 Å². The average Bonchev–Trinajstić information content (AvgIpc) is 3.18. The lowest BCUT2D eigenvalue weighted by Crippen LogP contribution is -2.53. The summed E-state index contributed by atoms with van der Waals surface area (Å²) < 4.78 is 80.4. The number of likely N-dealkylation sites (tertiary alicyclic amines) is 1. The minimum absolute atomic E-state index is 0.000436. The number of benzene rings is 1. The van der Waals surface area contributed by atoms with Crippen molar-refractivity contribution in [2.75, 3.05) is 13.1 Å². The lowest BCUT2D eigenvalue weighted by molar-refractivity contribution is -0.376. The van der Waals surface area contributed by atoms with Crippen LogP contribution in [0.2, 0.25) is 0 Å². The highest BCUT2D eigenvalue weighted by molar-refractivity contribution is 7.17. The van der Waals surface area contributed by atoms with Gasteiger partial charge in [0.25, 0.3) is 17.4 Å². The fraction of sp³-hybridized carbons (Fsp3) is 0.560. The van der Waals surface area contributed by atoms with E-state index in [0.29, 0.717) is 25.2 Å². The molecule has 1 aromatic heterocycles. The van der Waals surface area contributed by atoms with Gasteiger partial charge >= 0.3 is 12.4 Å². The lowest BCUT2D eigenvalue weighted by atomic mass is 9.89. The van der Waals surface area contributed by atoms with E-state index in [0.717, 1.165) is 43.1 Å². The molecule has 1 saturated heterocycles. The zero-order valence-corrected chi connectivity index (χ0v) is 21.7. The normalized spacial score (nSPS) is 19.5. The van der Waals surface area contributed by atoms with Crippen molar-refractivity contribution in [2.24, 2.45) is 5.41 Å². The summed E-state index contributed by atoms with van der Waals surface area (Å²) >= 11 is 0.841. The molecule has 1 aromatic carbocycles. The Morgan fingerprint density at radius 1 is 1.18 bits per heavy atom. The van der Waals surface area contributed by atoms with Crippen LogP contribution in [0.25, 0.3) is 10.4 Å². The maximum absolute atomic E-state index is 13.4. The van der Waals surface area contributed by atoms with E-state index in [-0.39, 0.29) is 38.2 Å². The summed E-state index contributed by atoms with van der Waals surface area (Å²) in [5, 5.41) is 12.5. The van der Waals surface area contributed by atoms with E-state index >= 15 is 0 Å². The van der Waals surface area contributed by atoms with Crippen LogP contribution in [0.5, 0.6) is 0 Å². The minimum atomic E-state index is -6.03. The second-order valence-electron chi connectivity index (χ2n) is 10.4. The van der Waals surface area contributed by atoms with Gasteiger partial charge in [-0.3, -0.25) is 9.59 Å². The molecule has 0 unspecified atom stereocenters. The van der Waals surface area contributed by atoms with Crippen molar-refractivity contribution < 1.29 is 41.0 Å². The molecule has 2 fully saturated rings. The van der Waals surface area contributed by atoms with Crippen molar-refractivity contribution in [3.63, 3.8) is 0 Å². The van der Waals surface area contributed by atoms with Gasteiger partial charge in [0.2, 0.25) is 0 Å². The molecule has 2 amide bonds. The SMILES string of the molecule is Cc1cc(C(O)(C(F)(F)F)C(F)(F)F)ccc1-c1sc(C(=O)NCC2(C)CC2)nc1C(=O)N1CCC[C@@H]1C. The number of thiazole rings is 1. The van der Waals surface area contributed by atoms with Gasteiger partial charge in [0.15, 0.2) is 5.01 Å². The molecular weight excluding hydrogens is 536 g/mol. The molecule has 0 spiro atoms. The molecule has 1 aliphatic heterocycles. The summed E-state index contributed by atoms with van der Waals surface area (Å²) in [7, 11) is 0. The van der Waals surface area contributed by atoms with Gasteiger partial charge < -0.3 is 15.3 Å². The van der Waals surface area contributed by atoms with Gasteiger partial charge in [-0.2, -0.15) is 26.3 Å². The van der Waals surface area contributed by atoms with Crippen LogP contribution in [0.1, 0.15) is 70.9 Å². The molecule has 2 heterocycles. The molecule has 1 atom stereocenters. The Morgan fingerprint density at radius 2 is 1.82 bits per heavy atom. The number of amides is 2. The predicted molar refractivity (Wildman–Crippen MR) is 128 cm³/mol. The number of aromatic nitrogens is 1. The van der Waals surface area contributed by atoms with Gasteiger partial charge in [-0.1, -0.05) is 25.1 Å². The Kier molecular flexibility index (Phi) is 7.09. The zero-order valence-electron chi connectivity index (χ0n) is 20.9. The van der Waals surface area contributed by atoms with Crippen LogP contribution in [-0.2, 0) is 5.60 Å². The Hall–Kier alpha value is -2.67. The van der Waals surface area contributed by atoms with Crippen LogP contribution < -0.4 is 5.32 Å². The van der Waals surface area contributed by atoms with E-state index in [4.69, 9.17) is 0 Å². The van der Waals surface area contributed by atoms with Crippen LogP contribution in [0, 0.1) is 12.3 Å². The van der Waals surface area contributed by atoms with Gasteiger partial charge in [-0.05, 0) is 56.1 Å².